The van der Waals surface area contributed by atoms with Gasteiger partial charge in [-0.05, 0) is 135 Å². The van der Waals surface area contributed by atoms with Gasteiger partial charge in [0.2, 0.25) is 0 Å². The number of hydrogen-bond donors (Lipinski definition) is 3. The van der Waals surface area contributed by atoms with E-state index in [1.807, 2.05) is 69.4 Å². The van der Waals surface area contributed by atoms with Gasteiger partial charge in [0.1, 0.15) is 69.4 Å². The molecule has 8 aromatic rings. The van der Waals surface area contributed by atoms with E-state index in [0.29, 0.717) is 59.6 Å². The number of anilines is 2. The number of benzene rings is 2. The Balaban J connectivity index is 0.000000177. The van der Waals surface area contributed by atoms with Crippen LogP contribution in [0, 0.1) is 0 Å². The van der Waals surface area contributed by atoms with Gasteiger partial charge in [-0.2, -0.15) is 0 Å². The number of aromatic amines is 2. The van der Waals surface area contributed by atoms with Gasteiger partial charge in [-0.15, -0.1) is 0 Å². The van der Waals surface area contributed by atoms with Crippen LogP contribution < -0.4 is 15.5 Å². The third-order valence-corrected chi connectivity index (χ3v) is 13.9. The first-order chi connectivity index (χ1) is 32.3. The number of H-pyrrole nitrogens is 2. The van der Waals surface area contributed by atoms with Crippen molar-refractivity contribution < 1.29 is 23.9 Å². The van der Waals surface area contributed by atoms with E-state index in [0.717, 1.165) is 68.6 Å². The molecule has 68 heavy (non-hydrogen) atoms. The summed E-state index contributed by atoms with van der Waals surface area (Å²) in [5.41, 5.74) is 8.36. The van der Waals surface area contributed by atoms with Gasteiger partial charge >= 0.3 is 18.2 Å². The molecule has 2 amide bonds. The van der Waals surface area contributed by atoms with Crippen molar-refractivity contribution >= 4 is 106 Å². The average Bonchev–Trinajstić information content (AvgIpc) is 4.13. The lowest BCUT2D eigenvalue weighted by atomic mass is 9.86. The van der Waals surface area contributed by atoms with Crippen molar-refractivity contribution in [2.75, 3.05) is 36.0 Å². The minimum atomic E-state index is -1.01. The second-order valence-electron chi connectivity index (χ2n) is 19.4. The molecule has 11 rings (SSSR count). The second kappa shape index (κ2) is 16.7. The first-order valence-electron chi connectivity index (χ1n) is 22.4. The van der Waals surface area contributed by atoms with E-state index < -0.39 is 40.5 Å². The monoisotopic (exact) mass is 1050 g/mol. The van der Waals surface area contributed by atoms with Crippen molar-refractivity contribution in [2.24, 2.45) is 5.73 Å². The molecule has 0 radical (unpaired) electrons. The van der Waals surface area contributed by atoms with E-state index in [1.54, 1.807) is 39.4 Å². The summed E-state index contributed by atoms with van der Waals surface area (Å²) in [6.07, 6.45) is 7.74. The molecule has 9 heterocycles. The minimum absolute atomic E-state index is 0.400. The fraction of sp³-hybridized carbons (Fsp3) is 0.383. The molecule has 21 heteroatoms. The van der Waals surface area contributed by atoms with Crippen molar-refractivity contribution in [1.82, 2.24) is 53.9 Å². The zero-order valence-corrected chi connectivity index (χ0v) is 41.6. The summed E-state index contributed by atoms with van der Waals surface area (Å²) in [6.45, 7) is 13.3. The molecule has 0 atom stereocenters. The topological polar surface area (TPSA) is 224 Å². The zero-order chi connectivity index (χ0) is 47.9. The maximum Gasteiger partial charge on any atom is 0.420 e. The number of hydrogen-bond acceptors (Lipinski definition) is 14. The first kappa shape index (κ1) is 45.3. The quantitative estimate of drug-likeness (QED) is 0.150. The lowest BCUT2D eigenvalue weighted by molar-refractivity contribution is 0.00875. The fourth-order valence-corrected chi connectivity index (χ4v) is 10.3. The lowest BCUT2D eigenvalue weighted by Gasteiger charge is -2.42. The van der Waals surface area contributed by atoms with E-state index in [-0.39, 0.29) is 0 Å². The number of fused-ring (bicyclic) bond motifs is 7. The van der Waals surface area contributed by atoms with Gasteiger partial charge in [-0.1, -0.05) is 12.1 Å². The van der Waals surface area contributed by atoms with Gasteiger partial charge in [0.05, 0.1) is 27.3 Å². The van der Waals surface area contributed by atoms with Gasteiger partial charge in [0.15, 0.2) is 5.65 Å². The normalized spacial score (nSPS) is 17.0. The lowest BCUT2D eigenvalue weighted by Crippen LogP contribution is -2.55. The smallest absolute Gasteiger partial charge is 0.420 e. The number of ether oxygens (including phenoxy) is 2. The molecule has 4 N–H and O–H groups in total. The van der Waals surface area contributed by atoms with Crippen molar-refractivity contribution in [3.05, 3.63) is 94.2 Å². The highest BCUT2D eigenvalue weighted by Gasteiger charge is 2.58. The molecule has 0 bridgehead atoms. The van der Waals surface area contributed by atoms with E-state index in [1.165, 1.54) is 20.4 Å². The Morgan fingerprint density at radius 1 is 0.735 bits per heavy atom. The molecule has 1 spiro atoms. The Kier molecular flexibility index (Phi) is 11.1. The molecular weight excluding hydrogens is 1000 g/mol. The molecule has 0 aliphatic carbocycles. The summed E-state index contributed by atoms with van der Waals surface area (Å²) in [5, 5.41) is 1.74. The molecule has 2 fully saturated rings. The van der Waals surface area contributed by atoms with Gasteiger partial charge in [-0.3, -0.25) is 0 Å². The molecule has 2 saturated heterocycles. The van der Waals surface area contributed by atoms with E-state index in [9.17, 15) is 14.4 Å². The molecule has 3 aliphatic heterocycles. The van der Waals surface area contributed by atoms with Gasteiger partial charge in [0.25, 0.3) is 0 Å². The van der Waals surface area contributed by atoms with Gasteiger partial charge in [-0.25, -0.2) is 58.3 Å². The summed E-state index contributed by atoms with van der Waals surface area (Å²) in [7, 11) is 0. The van der Waals surface area contributed by atoms with E-state index >= 15 is 0 Å². The molecule has 352 valence electrons. The second-order valence-corrected chi connectivity index (χ2v) is 21.1. The standard InChI is InChI=1S/C29H32BrN7O5.C18H18BrN7/c1-27(2,3)41-25(39)35-13-10-17-21(31-16-32-22(17)35)34-14-11-29(12-15-34)23-33-20-18(30)8-7-9-19(20)36(23)24(38)37(29)26(40)42-28(4,5)6;19-12-2-1-3-13-14(12)25-17(24-13)18(20)5-8-26(9-6-18)16-11-4-7-21-15(11)22-10-23-16/h7-10,13,16H,11-12,14-15H2,1-6H3;1-4,7,10H,5-6,8-9,20H2,(H,24,25)(H,21,22,23). The molecule has 0 unspecified atom stereocenters. The zero-order valence-electron chi connectivity index (χ0n) is 38.4. The SMILES string of the molecule is CC(C)(C)OC(=O)N1C(=O)n2c(nc3c(Br)cccc32)C12CCN(c1ncnc3c1ccn3C(=O)OC(C)(C)C)CC2.NC1(c2nc3c(Br)cccc3[nH]2)CCN(c2ncnc3[nH]ccc23)CC1. The largest absolute Gasteiger partial charge is 0.443 e. The molecule has 2 aromatic carbocycles. The number of imidazole rings is 2. The number of carbonyl (C=O) groups is 3. The van der Waals surface area contributed by atoms with Crippen LogP contribution in [0.3, 0.4) is 0 Å². The number of nitrogens with zero attached hydrogens (tertiary/aromatic N) is 11. The van der Waals surface area contributed by atoms with Gasteiger partial charge in [0, 0.05) is 47.5 Å². The number of halogens is 2. The highest BCUT2D eigenvalue weighted by atomic mass is 79.9. The minimum Gasteiger partial charge on any atom is -0.443 e. The summed E-state index contributed by atoms with van der Waals surface area (Å²) < 4.78 is 15.9. The van der Waals surface area contributed by atoms with Crippen LogP contribution in [0.5, 0.6) is 0 Å². The number of rotatable bonds is 3. The molecular formula is C47H50Br2N14O5. The van der Waals surface area contributed by atoms with Crippen LogP contribution in [0.15, 0.2) is 82.5 Å². The number of imide groups is 1. The van der Waals surface area contributed by atoms with Crippen LogP contribution in [0.2, 0.25) is 0 Å². The third-order valence-electron chi connectivity index (χ3n) is 12.6. The first-order valence-corrected chi connectivity index (χ1v) is 23.9. The van der Waals surface area contributed by atoms with Crippen LogP contribution in [0.25, 0.3) is 44.1 Å². The Morgan fingerprint density at radius 2 is 1.35 bits per heavy atom. The number of piperidine rings is 2. The Bertz CT molecular complexity index is 3270. The van der Waals surface area contributed by atoms with Crippen LogP contribution in [0.4, 0.5) is 26.0 Å². The molecule has 3 aliphatic rings. The summed E-state index contributed by atoms with van der Waals surface area (Å²) in [5.74, 6) is 2.99. The Hall–Kier alpha value is -6.45. The summed E-state index contributed by atoms with van der Waals surface area (Å²) in [6, 6.07) is 14.9. The van der Waals surface area contributed by atoms with Crippen molar-refractivity contribution in [3.63, 3.8) is 0 Å². The highest BCUT2D eigenvalue weighted by Crippen LogP contribution is 2.47. The number of carbonyl (C=O) groups excluding carboxylic acids is 3. The number of aromatic nitrogens is 10. The van der Waals surface area contributed by atoms with Crippen LogP contribution in [-0.2, 0) is 20.6 Å². The number of nitrogens with one attached hydrogen (secondary N) is 2. The highest BCUT2D eigenvalue weighted by molar-refractivity contribution is 9.11. The third kappa shape index (κ3) is 7.92. The van der Waals surface area contributed by atoms with Crippen molar-refractivity contribution in [1.29, 1.82) is 0 Å². The predicted molar refractivity (Wildman–Crippen MR) is 264 cm³/mol. The predicted octanol–water partition coefficient (Wildman–Crippen LogP) is 9.09. The number of para-hydroxylation sites is 2. The van der Waals surface area contributed by atoms with Crippen molar-refractivity contribution in [2.45, 2.75) is 89.5 Å². The van der Waals surface area contributed by atoms with Crippen LogP contribution in [-0.4, -0.2) is 110 Å². The maximum absolute atomic E-state index is 13.9. The van der Waals surface area contributed by atoms with Crippen LogP contribution >= 0.6 is 31.9 Å². The Labute approximate surface area is 407 Å². The van der Waals surface area contributed by atoms with Gasteiger partial charge < -0.3 is 35.0 Å². The summed E-state index contributed by atoms with van der Waals surface area (Å²) in [4.78, 5) is 79.8. The van der Waals surface area contributed by atoms with Crippen LogP contribution in [0.1, 0.15) is 78.9 Å². The number of nitrogens with two attached hydrogens (primary N) is 1. The summed E-state index contributed by atoms with van der Waals surface area (Å²) >= 11 is 7.12. The fourth-order valence-electron chi connectivity index (χ4n) is 9.40. The maximum atomic E-state index is 13.9. The number of amides is 2. The Morgan fingerprint density at radius 3 is 2.03 bits per heavy atom. The van der Waals surface area contributed by atoms with E-state index in [2.05, 4.69) is 71.6 Å². The molecule has 0 saturated carbocycles. The van der Waals surface area contributed by atoms with Crippen molar-refractivity contribution in [3.8, 4) is 0 Å². The average molecular weight is 1050 g/mol. The molecule has 19 nitrogen and oxygen atoms in total. The van der Waals surface area contributed by atoms with E-state index in [4.69, 9.17) is 25.2 Å². The molecule has 6 aromatic heterocycles.